The lowest BCUT2D eigenvalue weighted by molar-refractivity contribution is 0.120. The number of anilines is 1. The maximum Gasteiger partial charge on any atom is 0.281 e. The van der Waals surface area contributed by atoms with Crippen molar-refractivity contribution in [1.82, 2.24) is 8.61 Å². The summed E-state index contributed by atoms with van der Waals surface area (Å²) in [5, 5.41) is 0. The van der Waals surface area contributed by atoms with Crippen molar-refractivity contribution in [2.24, 2.45) is 11.8 Å². The van der Waals surface area contributed by atoms with Crippen molar-refractivity contribution in [2.75, 3.05) is 58.4 Å². The van der Waals surface area contributed by atoms with Crippen LogP contribution < -0.4 is 4.90 Å². The molecule has 1 unspecified atom stereocenters. The highest BCUT2D eigenvalue weighted by atomic mass is 32.2. The highest BCUT2D eigenvalue weighted by molar-refractivity contribution is 7.86. The van der Waals surface area contributed by atoms with Gasteiger partial charge in [0.15, 0.2) is 0 Å². The van der Waals surface area contributed by atoms with Crippen LogP contribution in [0.1, 0.15) is 19.3 Å². The Labute approximate surface area is 157 Å². The van der Waals surface area contributed by atoms with Gasteiger partial charge in [-0.1, -0.05) is 18.2 Å². The van der Waals surface area contributed by atoms with Crippen molar-refractivity contribution in [3.8, 4) is 0 Å². The van der Waals surface area contributed by atoms with Crippen molar-refractivity contribution < 1.29 is 13.2 Å². The second-order valence-corrected chi connectivity index (χ2v) is 9.56. The van der Waals surface area contributed by atoms with Crippen molar-refractivity contribution in [1.29, 1.82) is 0 Å². The van der Waals surface area contributed by atoms with Crippen LogP contribution in [0.15, 0.2) is 30.3 Å². The van der Waals surface area contributed by atoms with Gasteiger partial charge in [0.2, 0.25) is 0 Å². The van der Waals surface area contributed by atoms with Gasteiger partial charge in [-0.15, -0.1) is 0 Å². The average molecular weight is 382 g/mol. The minimum absolute atomic E-state index is 0.376. The molecule has 146 valence electrons. The van der Waals surface area contributed by atoms with E-state index in [1.54, 1.807) is 22.8 Å². The molecule has 3 rings (SSSR count). The molecule has 2 heterocycles. The standard InChI is InChI=1S/C19H31N3O3S/c1-20(26(23,24)22-12-9-17(10-13-22)16-25-2)14-18-8-11-21(15-18)19-6-4-3-5-7-19/h3-7,17-18H,8-16H2,1-2H3. The Morgan fingerprint density at radius 2 is 1.73 bits per heavy atom. The van der Waals surface area contributed by atoms with Crippen molar-refractivity contribution in [3.05, 3.63) is 30.3 Å². The number of para-hydroxylation sites is 1. The van der Waals surface area contributed by atoms with E-state index < -0.39 is 10.2 Å². The number of nitrogens with zero attached hydrogens (tertiary/aromatic N) is 3. The minimum Gasteiger partial charge on any atom is -0.384 e. The molecular weight excluding hydrogens is 350 g/mol. The molecule has 0 saturated carbocycles. The predicted molar refractivity (Wildman–Crippen MR) is 104 cm³/mol. The summed E-state index contributed by atoms with van der Waals surface area (Å²) in [6.45, 7) is 4.42. The van der Waals surface area contributed by atoms with Gasteiger partial charge in [-0.3, -0.25) is 0 Å². The van der Waals surface area contributed by atoms with Crippen LogP contribution in [-0.2, 0) is 14.9 Å². The molecule has 1 aromatic rings. The third kappa shape index (κ3) is 4.57. The number of methoxy groups -OCH3 is 1. The SMILES string of the molecule is COCC1CCN(S(=O)(=O)N(C)CC2CCN(c3ccccc3)C2)CC1. The Morgan fingerprint density at radius 1 is 1.08 bits per heavy atom. The molecular formula is C19H31N3O3S. The van der Waals surface area contributed by atoms with Crippen LogP contribution in [0.25, 0.3) is 0 Å². The summed E-state index contributed by atoms with van der Waals surface area (Å²) in [5.74, 6) is 0.854. The van der Waals surface area contributed by atoms with E-state index in [2.05, 4.69) is 17.0 Å². The number of ether oxygens (including phenoxy) is 1. The first kappa shape index (κ1) is 19.6. The van der Waals surface area contributed by atoms with Gasteiger partial charge < -0.3 is 9.64 Å². The first-order valence-corrected chi connectivity index (χ1v) is 10.9. The average Bonchev–Trinajstić information content (AvgIpc) is 3.12. The molecule has 2 aliphatic rings. The zero-order valence-electron chi connectivity index (χ0n) is 15.9. The Hall–Kier alpha value is -1.15. The van der Waals surface area contributed by atoms with E-state index in [-0.39, 0.29) is 0 Å². The molecule has 7 heteroatoms. The smallest absolute Gasteiger partial charge is 0.281 e. The highest BCUT2D eigenvalue weighted by Gasteiger charge is 2.33. The molecule has 2 aliphatic heterocycles. The molecule has 2 fully saturated rings. The lowest BCUT2D eigenvalue weighted by Gasteiger charge is -2.34. The summed E-state index contributed by atoms with van der Waals surface area (Å²) in [4.78, 5) is 2.35. The van der Waals surface area contributed by atoms with Crippen molar-refractivity contribution in [2.45, 2.75) is 19.3 Å². The topological polar surface area (TPSA) is 53.1 Å². The Morgan fingerprint density at radius 3 is 2.38 bits per heavy atom. The molecule has 0 N–H and O–H groups in total. The lowest BCUT2D eigenvalue weighted by Crippen LogP contribution is -2.47. The molecule has 1 atom stereocenters. The van der Waals surface area contributed by atoms with Crippen LogP contribution in [0.3, 0.4) is 0 Å². The zero-order valence-corrected chi connectivity index (χ0v) is 16.7. The van der Waals surface area contributed by atoms with E-state index in [1.165, 1.54) is 5.69 Å². The number of hydrogen-bond donors (Lipinski definition) is 0. The van der Waals surface area contributed by atoms with Gasteiger partial charge in [0.25, 0.3) is 10.2 Å². The van der Waals surface area contributed by atoms with Crippen LogP contribution in [0.5, 0.6) is 0 Å². The highest BCUT2D eigenvalue weighted by Crippen LogP contribution is 2.26. The number of rotatable bonds is 7. The van der Waals surface area contributed by atoms with Gasteiger partial charge in [-0.25, -0.2) is 0 Å². The minimum atomic E-state index is -3.36. The van der Waals surface area contributed by atoms with E-state index in [0.29, 0.717) is 31.5 Å². The van der Waals surface area contributed by atoms with E-state index in [0.717, 1.165) is 39.0 Å². The summed E-state index contributed by atoms with van der Waals surface area (Å²) in [5.41, 5.74) is 1.22. The third-order valence-corrected chi connectivity index (χ3v) is 7.57. The molecule has 2 saturated heterocycles. The fraction of sp³-hybridized carbons (Fsp3) is 0.684. The first-order chi connectivity index (χ1) is 12.5. The normalized spacial score (nSPS) is 23.0. The maximum atomic E-state index is 12.9. The monoisotopic (exact) mass is 381 g/mol. The molecule has 0 aromatic heterocycles. The van der Waals surface area contributed by atoms with E-state index in [1.807, 2.05) is 18.2 Å². The predicted octanol–water partition coefficient (Wildman–Crippen LogP) is 2.05. The quantitative estimate of drug-likeness (QED) is 0.725. The van der Waals surface area contributed by atoms with Gasteiger partial charge in [-0.2, -0.15) is 17.0 Å². The van der Waals surface area contributed by atoms with E-state index in [4.69, 9.17) is 4.74 Å². The Bertz CT molecular complexity index is 660. The maximum absolute atomic E-state index is 12.9. The largest absolute Gasteiger partial charge is 0.384 e. The molecule has 0 amide bonds. The first-order valence-electron chi connectivity index (χ1n) is 9.51. The van der Waals surface area contributed by atoms with E-state index >= 15 is 0 Å². The summed E-state index contributed by atoms with van der Waals surface area (Å²) >= 11 is 0. The van der Waals surface area contributed by atoms with Crippen LogP contribution in [0.2, 0.25) is 0 Å². The van der Waals surface area contributed by atoms with E-state index in [9.17, 15) is 8.42 Å². The zero-order chi connectivity index (χ0) is 18.6. The lowest BCUT2D eigenvalue weighted by atomic mass is 9.99. The third-order valence-electron chi connectivity index (χ3n) is 5.62. The molecule has 0 spiro atoms. The number of benzene rings is 1. The van der Waals surface area contributed by atoms with Crippen molar-refractivity contribution >= 4 is 15.9 Å². The van der Waals surface area contributed by atoms with Gasteiger partial charge in [0, 0.05) is 59.2 Å². The fourth-order valence-corrected chi connectivity index (χ4v) is 5.52. The Kier molecular flexibility index (Phi) is 6.55. The van der Waals surface area contributed by atoms with Gasteiger partial charge >= 0.3 is 0 Å². The fourth-order valence-electron chi connectivity index (χ4n) is 4.05. The van der Waals surface area contributed by atoms with Crippen LogP contribution in [-0.4, -0.2) is 70.5 Å². The summed E-state index contributed by atoms with van der Waals surface area (Å²) in [6.07, 6.45) is 2.79. The molecule has 26 heavy (non-hydrogen) atoms. The molecule has 1 aromatic carbocycles. The summed E-state index contributed by atoms with van der Waals surface area (Å²) in [7, 11) is 0.0669. The number of piperidine rings is 1. The second kappa shape index (κ2) is 8.69. The Balaban J connectivity index is 1.52. The van der Waals surface area contributed by atoms with Gasteiger partial charge in [0.05, 0.1) is 0 Å². The van der Waals surface area contributed by atoms with Crippen LogP contribution in [0, 0.1) is 11.8 Å². The van der Waals surface area contributed by atoms with Gasteiger partial charge in [-0.05, 0) is 43.2 Å². The molecule has 0 radical (unpaired) electrons. The van der Waals surface area contributed by atoms with Crippen LogP contribution >= 0.6 is 0 Å². The van der Waals surface area contributed by atoms with Gasteiger partial charge in [0.1, 0.15) is 0 Å². The van der Waals surface area contributed by atoms with Crippen LogP contribution in [0.4, 0.5) is 5.69 Å². The van der Waals surface area contributed by atoms with Crippen molar-refractivity contribution in [3.63, 3.8) is 0 Å². The molecule has 6 nitrogen and oxygen atoms in total. The molecule has 0 aliphatic carbocycles. The molecule has 0 bridgehead atoms. The summed E-state index contributed by atoms with van der Waals surface area (Å²) in [6, 6.07) is 10.4. The summed E-state index contributed by atoms with van der Waals surface area (Å²) < 4.78 is 34.2. The second-order valence-electron chi connectivity index (χ2n) is 7.52. The number of hydrogen-bond acceptors (Lipinski definition) is 4.